The van der Waals surface area contributed by atoms with Crippen molar-refractivity contribution >= 4 is 53.8 Å². The molecule has 0 saturated carbocycles. The molecule has 3 rings (SSSR count). The van der Waals surface area contributed by atoms with Gasteiger partial charge < -0.3 is 0 Å². The van der Waals surface area contributed by atoms with E-state index >= 15 is 0 Å². The summed E-state index contributed by atoms with van der Waals surface area (Å²) < 4.78 is 28.2. The summed E-state index contributed by atoms with van der Waals surface area (Å²) in [6.07, 6.45) is 3.07. The van der Waals surface area contributed by atoms with E-state index in [1.54, 1.807) is 12.1 Å². The van der Waals surface area contributed by atoms with Gasteiger partial charge in [-0.15, -0.1) is 22.7 Å². The zero-order valence-corrected chi connectivity index (χ0v) is 14.8. The summed E-state index contributed by atoms with van der Waals surface area (Å²) in [5.74, 6) is 0.653. The van der Waals surface area contributed by atoms with Crippen LogP contribution in [0.1, 0.15) is 23.9 Å². The average Bonchev–Trinajstić information content (AvgIpc) is 2.94. The molecule has 8 heteroatoms. The van der Waals surface area contributed by atoms with E-state index in [0.717, 1.165) is 28.7 Å². The Hall–Kier alpha value is -0.440. The van der Waals surface area contributed by atoms with Crippen molar-refractivity contribution in [2.24, 2.45) is 5.92 Å². The minimum atomic E-state index is -3.52. The molecule has 2 heterocycles. The highest BCUT2D eigenvalue weighted by Gasteiger charge is 2.23. The third kappa shape index (κ3) is 2.93. The molecule has 1 aliphatic carbocycles. The van der Waals surface area contributed by atoms with Gasteiger partial charge in [0.15, 0.2) is 5.13 Å². The lowest BCUT2D eigenvalue weighted by Crippen LogP contribution is -2.11. The summed E-state index contributed by atoms with van der Waals surface area (Å²) >= 11 is 5.93. The molecular formula is C12H13BrN2O2S3. The maximum absolute atomic E-state index is 12.2. The third-order valence-corrected chi connectivity index (χ3v) is 7.84. The number of fused-ring (bicyclic) bond motifs is 1. The molecule has 1 atom stereocenters. The number of sulfonamides is 1. The molecule has 20 heavy (non-hydrogen) atoms. The molecule has 0 saturated heterocycles. The largest absolute Gasteiger partial charge is 0.273 e. The molecule has 108 valence electrons. The van der Waals surface area contributed by atoms with E-state index in [0.29, 0.717) is 15.3 Å². The quantitative estimate of drug-likeness (QED) is 0.861. The van der Waals surface area contributed by atoms with Gasteiger partial charge in [0, 0.05) is 4.88 Å². The molecule has 2 aromatic heterocycles. The number of hydrogen-bond acceptors (Lipinski definition) is 5. The van der Waals surface area contributed by atoms with Crippen LogP contribution >= 0.6 is 38.6 Å². The Morgan fingerprint density at radius 2 is 2.20 bits per heavy atom. The number of nitrogens with one attached hydrogen (secondary N) is 1. The summed E-state index contributed by atoms with van der Waals surface area (Å²) in [6.45, 7) is 2.22. The Balaban J connectivity index is 1.85. The third-order valence-electron chi connectivity index (χ3n) is 3.22. The normalized spacial score (nSPS) is 18.8. The molecule has 0 radical (unpaired) electrons. The molecule has 0 fully saturated rings. The lowest BCUT2D eigenvalue weighted by molar-refractivity contribution is 0.502. The van der Waals surface area contributed by atoms with Gasteiger partial charge in [-0.3, -0.25) is 4.72 Å². The van der Waals surface area contributed by atoms with Gasteiger partial charge in [0.25, 0.3) is 10.0 Å². The standard InChI is InChI=1S/C12H13BrN2O2S3/c1-7-2-3-8-9(6-7)18-12(14-8)15-20(16,17)11-5-4-10(13)19-11/h4-5,7H,2-3,6H2,1H3,(H,14,15). The number of thiophene rings is 1. The van der Waals surface area contributed by atoms with Crippen LogP contribution < -0.4 is 4.72 Å². The highest BCUT2D eigenvalue weighted by atomic mass is 79.9. The molecule has 0 bridgehead atoms. The molecule has 0 amide bonds. The highest BCUT2D eigenvalue weighted by Crippen LogP contribution is 2.34. The average molecular weight is 393 g/mol. The summed E-state index contributed by atoms with van der Waals surface area (Å²) in [4.78, 5) is 5.64. The first-order valence-corrected chi connectivity index (χ1v) is 10.1. The Morgan fingerprint density at radius 1 is 1.40 bits per heavy atom. The smallest absolute Gasteiger partial charge is 0.254 e. The fourth-order valence-electron chi connectivity index (χ4n) is 2.19. The number of thiazole rings is 1. The SMILES string of the molecule is CC1CCc2nc(NS(=O)(=O)c3ccc(Br)s3)sc2C1. The van der Waals surface area contributed by atoms with Gasteiger partial charge in [0.05, 0.1) is 9.48 Å². The van der Waals surface area contributed by atoms with E-state index in [4.69, 9.17) is 0 Å². The zero-order chi connectivity index (χ0) is 14.3. The topological polar surface area (TPSA) is 59.1 Å². The van der Waals surface area contributed by atoms with Crippen molar-refractivity contribution < 1.29 is 8.42 Å². The number of rotatable bonds is 3. The van der Waals surface area contributed by atoms with Crippen LogP contribution in [0, 0.1) is 5.92 Å². The lowest BCUT2D eigenvalue weighted by Gasteiger charge is -2.15. The predicted molar refractivity (Wildman–Crippen MR) is 86.1 cm³/mol. The van der Waals surface area contributed by atoms with Gasteiger partial charge >= 0.3 is 0 Å². The van der Waals surface area contributed by atoms with Gasteiger partial charge in [-0.1, -0.05) is 6.92 Å². The molecule has 1 N–H and O–H groups in total. The van der Waals surface area contributed by atoms with Crippen LogP contribution in [-0.4, -0.2) is 13.4 Å². The van der Waals surface area contributed by atoms with Crippen molar-refractivity contribution in [3.05, 3.63) is 26.5 Å². The van der Waals surface area contributed by atoms with E-state index in [1.807, 2.05) is 0 Å². The van der Waals surface area contributed by atoms with Crippen LogP contribution in [0.3, 0.4) is 0 Å². The maximum atomic E-state index is 12.2. The van der Waals surface area contributed by atoms with E-state index in [-0.39, 0.29) is 0 Å². The van der Waals surface area contributed by atoms with Crippen molar-refractivity contribution in [1.29, 1.82) is 0 Å². The number of aromatic nitrogens is 1. The van der Waals surface area contributed by atoms with Crippen LogP contribution in [-0.2, 0) is 22.9 Å². The van der Waals surface area contributed by atoms with Gasteiger partial charge in [-0.25, -0.2) is 13.4 Å². The monoisotopic (exact) mass is 392 g/mol. The summed E-state index contributed by atoms with van der Waals surface area (Å²) in [6, 6.07) is 3.32. The molecule has 0 aliphatic heterocycles. The van der Waals surface area contributed by atoms with E-state index in [1.165, 1.54) is 27.6 Å². The number of nitrogens with zero attached hydrogens (tertiary/aromatic N) is 1. The number of hydrogen-bond donors (Lipinski definition) is 1. The first-order valence-electron chi connectivity index (χ1n) is 6.21. The second-order valence-corrected chi connectivity index (χ2v) is 10.4. The van der Waals surface area contributed by atoms with Crippen molar-refractivity contribution in [3.63, 3.8) is 0 Å². The fourth-order valence-corrected chi connectivity index (χ4v) is 6.61. The van der Waals surface area contributed by atoms with Gasteiger partial charge in [0.1, 0.15) is 4.21 Å². The van der Waals surface area contributed by atoms with E-state index in [2.05, 4.69) is 32.6 Å². The minimum absolute atomic E-state index is 0.297. The summed E-state index contributed by atoms with van der Waals surface area (Å²) in [5.41, 5.74) is 1.05. The van der Waals surface area contributed by atoms with Crippen molar-refractivity contribution in [2.75, 3.05) is 4.72 Å². The Bertz CT molecular complexity index is 736. The second-order valence-electron chi connectivity index (χ2n) is 4.90. The molecule has 1 unspecified atom stereocenters. The van der Waals surface area contributed by atoms with Gasteiger partial charge in [-0.2, -0.15) is 0 Å². The van der Waals surface area contributed by atoms with E-state index in [9.17, 15) is 8.42 Å². The van der Waals surface area contributed by atoms with Crippen LogP contribution in [0.4, 0.5) is 5.13 Å². The lowest BCUT2D eigenvalue weighted by atomic mass is 9.93. The molecule has 2 aromatic rings. The van der Waals surface area contributed by atoms with Crippen LogP contribution in [0.5, 0.6) is 0 Å². The first kappa shape index (κ1) is 14.5. The molecule has 1 aliphatic rings. The van der Waals surface area contributed by atoms with Crippen molar-refractivity contribution in [2.45, 2.75) is 30.4 Å². The maximum Gasteiger partial charge on any atom is 0.273 e. The summed E-state index contributed by atoms with van der Waals surface area (Å²) in [7, 11) is -3.52. The van der Waals surface area contributed by atoms with Crippen LogP contribution in [0.25, 0.3) is 0 Å². The Kier molecular flexibility index (Phi) is 3.91. The number of aryl methyl sites for hydroxylation is 1. The number of halogens is 1. The summed E-state index contributed by atoms with van der Waals surface area (Å²) in [5, 5.41) is 0.480. The second kappa shape index (κ2) is 5.40. The molecule has 4 nitrogen and oxygen atoms in total. The fraction of sp³-hybridized carbons (Fsp3) is 0.417. The number of anilines is 1. The Morgan fingerprint density at radius 3 is 2.90 bits per heavy atom. The van der Waals surface area contributed by atoms with Crippen LogP contribution in [0.2, 0.25) is 0 Å². The predicted octanol–water partition coefficient (Wildman–Crippen LogP) is 3.89. The van der Waals surface area contributed by atoms with Gasteiger partial charge in [-0.05, 0) is 53.2 Å². The van der Waals surface area contributed by atoms with Crippen LogP contribution in [0.15, 0.2) is 20.1 Å². The molecular weight excluding hydrogens is 380 g/mol. The van der Waals surface area contributed by atoms with Gasteiger partial charge in [0.2, 0.25) is 0 Å². The Labute approximate surface area is 134 Å². The van der Waals surface area contributed by atoms with E-state index < -0.39 is 10.0 Å². The van der Waals surface area contributed by atoms with Crippen molar-refractivity contribution in [1.82, 2.24) is 4.98 Å². The first-order chi connectivity index (χ1) is 9.44. The van der Waals surface area contributed by atoms with Crippen molar-refractivity contribution in [3.8, 4) is 0 Å². The highest BCUT2D eigenvalue weighted by molar-refractivity contribution is 9.11. The minimum Gasteiger partial charge on any atom is -0.254 e. The molecule has 0 spiro atoms. The molecule has 0 aromatic carbocycles. The zero-order valence-electron chi connectivity index (χ0n) is 10.7.